The van der Waals surface area contributed by atoms with Crippen LogP contribution in [0.1, 0.15) is 6.42 Å². The van der Waals surface area contributed by atoms with Gasteiger partial charge in [-0.15, -0.1) is 0 Å². The van der Waals surface area contributed by atoms with Crippen molar-refractivity contribution in [2.75, 3.05) is 11.9 Å². The second-order valence-electron chi connectivity index (χ2n) is 4.29. The van der Waals surface area contributed by atoms with Crippen LogP contribution in [-0.4, -0.2) is 32.4 Å². The highest BCUT2D eigenvalue weighted by molar-refractivity contribution is 7.92. The van der Waals surface area contributed by atoms with Crippen molar-refractivity contribution in [3.05, 3.63) is 24.3 Å². The molecule has 1 aliphatic rings. The van der Waals surface area contributed by atoms with Crippen molar-refractivity contribution in [3.8, 4) is 0 Å². The van der Waals surface area contributed by atoms with E-state index in [1.165, 1.54) is 18.2 Å². The van der Waals surface area contributed by atoms with E-state index in [1.54, 1.807) is 0 Å². The number of benzene rings is 1. The number of carbonyl (C=O) groups is 1. The molecule has 1 amide bonds. The number of amides is 1. The number of sulfone groups is 1. The van der Waals surface area contributed by atoms with Crippen LogP contribution in [-0.2, 0) is 14.6 Å². The van der Waals surface area contributed by atoms with E-state index in [0.29, 0.717) is 0 Å². The molecule has 0 bridgehead atoms. The molecule has 2 rings (SSSR count). The Morgan fingerprint density at radius 1 is 1.25 bits per heavy atom. The van der Waals surface area contributed by atoms with Crippen LogP contribution in [0.4, 0.5) is 18.9 Å². The van der Waals surface area contributed by atoms with Crippen LogP contribution in [0.3, 0.4) is 0 Å². The molecule has 1 fully saturated rings. The van der Waals surface area contributed by atoms with Crippen LogP contribution in [0.15, 0.2) is 29.2 Å². The lowest BCUT2D eigenvalue weighted by molar-refractivity contribution is -0.119. The monoisotopic (exact) mass is 308 g/mol. The molecule has 9 heteroatoms. The van der Waals surface area contributed by atoms with Crippen LogP contribution in [0.2, 0.25) is 0 Å². The van der Waals surface area contributed by atoms with E-state index in [1.807, 2.05) is 0 Å². The number of nitrogens with one attached hydrogen (secondary N) is 2. The van der Waals surface area contributed by atoms with Crippen LogP contribution in [0, 0.1) is 0 Å². The van der Waals surface area contributed by atoms with E-state index in [9.17, 15) is 26.4 Å². The number of anilines is 1. The molecule has 0 radical (unpaired) electrons. The minimum Gasteiger partial charge on any atom is -0.379 e. The maximum absolute atomic E-state index is 12.6. The van der Waals surface area contributed by atoms with E-state index in [4.69, 9.17) is 0 Å². The van der Waals surface area contributed by atoms with Crippen molar-refractivity contribution in [1.82, 2.24) is 5.32 Å². The van der Waals surface area contributed by atoms with Gasteiger partial charge in [0.05, 0.1) is 16.6 Å². The Morgan fingerprint density at radius 2 is 1.90 bits per heavy atom. The molecule has 1 atom stereocenters. The van der Waals surface area contributed by atoms with E-state index < -0.39 is 26.3 Å². The average molecular weight is 308 g/mol. The topological polar surface area (TPSA) is 75.3 Å². The predicted octanol–water partition coefficient (Wildman–Crippen LogP) is 1.28. The zero-order valence-corrected chi connectivity index (χ0v) is 10.9. The molecule has 1 aliphatic heterocycles. The lowest BCUT2D eigenvalue weighted by Gasteiger charge is -2.17. The summed E-state index contributed by atoms with van der Waals surface area (Å²) in [6.45, 7) is 0.235. The van der Waals surface area contributed by atoms with Gasteiger partial charge in [0.2, 0.25) is 5.91 Å². The number of halogens is 3. The highest BCUT2D eigenvalue weighted by Crippen LogP contribution is 2.34. The zero-order chi connectivity index (χ0) is 15.0. The Labute approximate surface area is 113 Å². The van der Waals surface area contributed by atoms with Gasteiger partial charge in [-0.05, 0) is 12.1 Å². The first-order valence-corrected chi connectivity index (χ1v) is 7.14. The van der Waals surface area contributed by atoms with Crippen molar-refractivity contribution in [2.24, 2.45) is 0 Å². The van der Waals surface area contributed by atoms with E-state index in [0.717, 1.165) is 6.07 Å². The van der Waals surface area contributed by atoms with E-state index >= 15 is 0 Å². The lowest BCUT2D eigenvalue weighted by atomic mass is 10.2. The summed E-state index contributed by atoms with van der Waals surface area (Å²) in [5.74, 6) is -0.237. The van der Waals surface area contributed by atoms with Gasteiger partial charge in [-0.3, -0.25) is 4.79 Å². The lowest BCUT2D eigenvalue weighted by Crippen LogP contribution is -2.27. The third-order valence-electron chi connectivity index (χ3n) is 2.82. The summed E-state index contributed by atoms with van der Waals surface area (Å²) in [6.07, 6.45) is 0.0837. The normalized spacial score (nSPS) is 19.8. The summed E-state index contributed by atoms with van der Waals surface area (Å²) in [6, 6.07) is 4.31. The minimum atomic E-state index is -5.43. The van der Waals surface area contributed by atoms with Gasteiger partial charge in [-0.2, -0.15) is 13.2 Å². The predicted molar refractivity (Wildman–Crippen MR) is 64.7 cm³/mol. The van der Waals surface area contributed by atoms with Crippen molar-refractivity contribution < 1.29 is 26.4 Å². The largest absolute Gasteiger partial charge is 0.501 e. The molecule has 1 unspecified atom stereocenters. The Bertz CT molecular complexity index is 628. The smallest absolute Gasteiger partial charge is 0.379 e. The summed E-state index contributed by atoms with van der Waals surface area (Å²) in [5.41, 5.74) is -5.53. The molecule has 2 N–H and O–H groups in total. The third-order valence-corrected chi connectivity index (χ3v) is 4.36. The number of hydrogen-bond donors (Lipinski definition) is 2. The van der Waals surface area contributed by atoms with Gasteiger partial charge in [-0.25, -0.2) is 8.42 Å². The van der Waals surface area contributed by atoms with E-state index in [2.05, 4.69) is 10.6 Å². The van der Waals surface area contributed by atoms with Gasteiger partial charge in [0.1, 0.15) is 0 Å². The fraction of sp³-hybridized carbons (Fsp3) is 0.364. The van der Waals surface area contributed by atoms with Crippen LogP contribution in [0.5, 0.6) is 0 Å². The highest BCUT2D eigenvalue weighted by Gasteiger charge is 2.48. The van der Waals surface area contributed by atoms with Gasteiger partial charge in [0.15, 0.2) is 0 Å². The van der Waals surface area contributed by atoms with Gasteiger partial charge >= 0.3 is 5.51 Å². The molecule has 1 aromatic carbocycles. The molecule has 0 aromatic heterocycles. The molecule has 5 nitrogen and oxygen atoms in total. The second-order valence-corrected chi connectivity index (χ2v) is 6.20. The second kappa shape index (κ2) is 4.97. The Kier molecular flexibility index (Phi) is 3.63. The third kappa shape index (κ3) is 2.72. The molecule has 0 aliphatic carbocycles. The zero-order valence-electron chi connectivity index (χ0n) is 10.1. The molecule has 1 saturated heterocycles. The first kappa shape index (κ1) is 14.6. The van der Waals surface area contributed by atoms with Crippen molar-refractivity contribution in [3.63, 3.8) is 0 Å². The van der Waals surface area contributed by atoms with Crippen LogP contribution in [0.25, 0.3) is 0 Å². The average Bonchev–Trinajstić information content (AvgIpc) is 2.74. The van der Waals surface area contributed by atoms with Gasteiger partial charge in [0.25, 0.3) is 9.84 Å². The molecule has 20 heavy (non-hydrogen) atoms. The molecular formula is C11H11F3N2O3S. The SMILES string of the molecule is O=C1CC(Nc2ccccc2S(=O)(=O)C(F)(F)F)CN1. The molecule has 0 spiro atoms. The number of alkyl halides is 3. The molecule has 0 saturated carbocycles. The highest BCUT2D eigenvalue weighted by atomic mass is 32.2. The number of para-hydroxylation sites is 1. The molecule has 110 valence electrons. The number of rotatable bonds is 3. The van der Waals surface area contributed by atoms with Gasteiger partial charge < -0.3 is 10.6 Å². The first-order valence-electron chi connectivity index (χ1n) is 5.65. The summed E-state index contributed by atoms with van der Waals surface area (Å²) in [4.78, 5) is 10.2. The molecule has 1 aromatic rings. The number of hydrogen-bond acceptors (Lipinski definition) is 4. The fourth-order valence-corrected chi connectivity index (χ4v) is 2.80. The summed E-state index contributed by atoms with van der Waals surface area (Å²) >= 11 is 0. The fourth-order valence-electron chi connectivity index (χ4n) is 1.87. The maximum atomic E-state index is 12.6. The standard InChI is InChI=1S/C11H11F3N2O3S/c12-11(13,14)20(18,19)9-4-2-1-3-8(9)16-7-5-10(17)15-6-7/h1-4,7,16H,5-6H2,(H,15,17). The molecular weight excluding hydrogens is 297 g/mol. The van der Waals surface area contributed by atoms with Gasteiger partial charge in [0, 0.05) is 13.0 Å². The summed E-state index contributed by atoms with van der Waals surface area (Å²) < 4.78 is 60.7. The number of carbonyl (C=O) groups excluding carboxylic acids is 1. The Hall–Kier alpha value is -1.77. The van der Waals surface area contributed by atoms with Crippen LogP contribution >= 0.6 is 0 Å². The Balaban J connectivity index is 2.34. The maximum Gasteiger partial charge on any atom is 0.501 e. The summed E-state index contributed by atoms with van der Waals surface area (Å²) in [5, 5.41) is 5.16. The van der Waals surface area contributed by atoms with E-state index in [-0.39, 0.29) is 24.6 Å². The quantitative estimate of drug-likeness (QED) is 0.882. The van der Waals surface area contributed by atoms with Crippen molar-refractivity contribution >= 4 is 21.4 Å². The summed E-state index contributed by atoms with van der Waals surface area (Å²) in [7, 11) is -5.43. The minimum absolute atomic E-state index is 0.0837. The van der Waals surface area contributed by atoms with Gasteiger partial charge in [-0.1, -0.05) is 12.1 Å². The van der Waals surface area contributed by atoms with Crippen LogP contribution < -0.4 is 10.6 Å². The van der Waals surface area contributed by atoms with Crippen molar-refractivity contribution in [2.45, 2.75) is 22.9 Å². The first-order chi connectivity index (χ1) is 9.22. The molecule has 1 heterocycles. The van der Waals surface area contributed by atoms with Crippen molar-refractivity contribution in [1.29, 1.82) is 0 Å². The Morgan fingerprint density at radius 3 is 2.45 bits per heavy atom.